The van der Waals surface area contributed by atoms with Crippen LogP contribution in [0.15, 0.2) is 279 Å². The number of hydrogen-bond acceptors (Lipinski definition) is 0. The molecule has 0 heterocycles. The molecule has 7 aliphatic rings. The van der Waals surface area contributed by atoms with E-state index in [0.717, 1.165) is 6.42 Å². The third kappa shape index (κ3) is 5.13. The molecule has 10 aromatic rings. The molecule has 5 atom stereocenters. The molecule has 2 spiro atoms. The van der Waals surface area contributed by atoms with E-state index in [9.17, 15) is 0 Å². The van der Waals surface area contributed by atoms with Gasteiger partial charge in [-0.15, -0.1) is 0 Å². The van der Waals surface area contributed by atoms with Gasteiger partial charge in [-0.3, -0.25) is 0 Å². The molecule has 0 N–H and O–H groups in total. The van der Waals surface area contributed by atoms with Crippen LogP contribution in [0.3, 0.4) is 0 Å². The number of allylic oxidation sites excluding steroid dienone is 8. The van der Waals surface area contributed by atoms with Crippen molar-refractivity contribution in [2.75, 3.05) is 0 Å². The number of fused-ring (bicyclic) bond motifs is 23. The van der Waals surface area contributed by atoms with Crippen molar-refractivity contribution in [1.29, 1.82) is 0 Å². The minimum Gasteiger partial charge on any atom is -0.0836 e. The monoisotopic (exact) mass is 950 g/mol. The molecule has 0 aromatic heterocycles. The van der Waals surface area contributed by atoms with Gasteiger partial charge in [0, 0.05) is 17.8 Å². The molecule has 0 saturated heterocycles. The van der Waals surface area contributed by atoms with E-state index in [2.05, 4.69) is 273 Å². The summed E-state index contributed by atoms with van der Waals surface area (Å²) in [6.07, 6.45) is 17.6. The van der Waals surface area contributed by atoms with Crippen LogP contribution in [0, 0.1) is 5.92 Å². The maximum Gasteiger partial charge on any atom is 0.0725 e. The Morgan fingerprint density at radius 1 is 0.320 bits per heavy atom. The molecule has 0 amide bonds. The third-order valence-corrected chi connectivity index (χ3v) is 19.1. The van der Waals surface area contributed by atoms with E-state index < -0.39 is 5.41 Å². The van der Waals surface area contributed by atoms with Crippen molar-refractivity contribution in [2.24, 2.45) is 5.92 Å². The molecular formula is C75H50. The van der Waals surface area contributed by atoms with Crippen molar-refractivity contribution in [3.8, 4) is 55.6 Å². The highest BCUT2D eigenvalue weighted by molar-refractivity contribution is 5.96. The maximum absolute atomic E-state index is 2.57. The Balaban J connectivity index is 0.846. The summed E-state index contributed by atoms with van der Waals surface area (Å²) in [7, 11) is 0. The summed E-state index contributed by atoms with van der Waals surface area (Å²) < 4.78 is 0. The van der Waals surface area contributed by atoms with Crippen molar-refractivity contribution < 1.29 is 0 Å². The van der Waals surface area contributed by atoms with Crippen LogP contribution < -0.4 is 0 Å². The van der Waals surface area contributed by atoms with Gasteiger partial charge in [-0.05, 0) is 159 Å². The Morgan fingerprint density at radius 2 is 0.827 bits per heavy atom. The zero-order valence-corrected chi connectivity index (χ0v) is 41.4. The van der Waals surface area contributed by atoms with E-state index >= 15 is 0 Å². The number of rotatable bonds is 4. The van der Waals surface area contributed by atoms with Gasteiger partial charge in [-0.2, -0.15) is 0 Å². The number of hydrogen-bond donors (Lipinski definition) is 0. The first kappa shape index (κ1) is 41.6. The fraction of sp³-hybridized carbons (Fsp3) is 0.0933. The van der Waals surface area contributed by atoms with Crippen molar-refractivity contribution in [1.82, 2.24) is 0 Å². The van der Waals surface area contributed by atoms with Gasteiger partial charge >= 0.3 is 0 Å². The quantitative estimate of drug-likeness (QED) is 0.165. The molecule has 0 aliphatic heterocycles. The molecule has 0 bridgehead atoms. The molecule has 75 heavy (non-hydrogen) atoms. The van der Waals surface area contributed by atoms with Gasteiger partial charge < -0.3 is 0 Å². The summed E-state index contributed by atoms with van der Waals surface area (Å²) in [5, 5.41) is 0. The standard InChI is InChI=1S/C75H50/c1-9-31-63-53(23-1)54-24-2-10-32-64(54)73(63,51-21-17-19-47(43-51)49-40-42-71-62(45-49)60-30-8-16-38-70(60)74(71)65-33-11-3-25-55(65)56-26-4-12-34-66(56)74)52-22-18-20-48(44-52)50-39-41-61-59-29-7-15-37-69(59)75(72(61)46-50)67-35-13-5-27-57(67)58-28-6-14-36-68(58)75/h1-23,25-46,54,57,67H,24H2. The lowest BCUT2D eigenvalue weighted by molar-refractivity contribution is 0.465. The Labute approximate surface area is 439 Å². The van der Waals surface area contributed by atoms with Gasteiger partial charge in [0.05, 0.1) is 16.2 Å². The maximum atomic E-state index is 2.57. The first-order valence-electron chi connectivity index (χ1n) is 27.0. The second-order valence-corrected chi connectivity index (χ2v) is 22.0. The van der Waals surface area contributed by atoms with Gasteiger partial charge in [-0.25, -0.2) is 0 Å². The lowest BCUT2D eigenvalue weighted by Crippen LogP contribution is -2.33. The molecule has 17 rings (SSSR count). The average molecular weight is 951 g/mol. The van der Waals surface area contributed by atoms with E-state index in [1.165, 1.54) is 128 Å². The Kier molecular flexibility index (Phi) is 8.39. The molecule has 0 fully saturated rings. The second kappa shape index (κ2) is 15.1. The Morgan fingerprint density at radius 3 is 1.52 bits per heavy atom. The second-order valence-electron chi connectivity index (χ2n) is 22.0. The Hall–Kier alpha value is -8.84. The zero-order valence-electron chi connectivity index (χ0n) is 41.4. The van der Waals surface area contributed by atoms with Gasteiger partial charge in [0.15, 0.2) is 0 Å². The minimum atomic E-state index is -0.520. The molecule has 0 radical (unpaired) electrons. The van der Waals surface area contributed by atoms with Gasteiger partial charge in [0.1, 0.15) is 0 Å². The van der Waals surface area contributed by atoms with Crippen LogP contribution in [-0.2, 0) is 16.2 Å². The molecule has 10 aromatic carbocycles. The lowest BCUT2D eigenvalue weighted by Gasteiger charge is -2.37. The minimum absolute atomic E-state index is 0.285. The fourth-order valence-electron chi connectivity index (χ4n) is 16.3. The van der Waals surface area contributed by atoms with E-state index in [-0.39, 0.29) is 22.7 Å². The van der Waals surface area contributed by atoms with Crippen LogP contribution in [0.2, 0.25) is 0 Å². The first-order valence-corrected chi connectivity index (χ1v) is 27.0. The molecular weight excluding hydrogens is 901 g/mol. The summed E-state index contributed by atoms with van der Waals surface area (Å²) in [5.41, 5.74) is 29.9. The predicted molar refractivity (Wildman–Crippen MR) is 307 cm³/mol. The summed E-state index contributed by atoms with van der Waals surface area (Å²) in [4.78, 5) is 0. The molecule has 5 unspecified atom stereocenters. The van der Waals surface area contributed by atoms with Crippen LogP contribution in [0.5, 0.6) is 0 Å². The highest BCUT2D eigenvalue weighted by atomic mass is 14.6. The topological polar surface area (TPSA) is 0 Å². The van der Waals surface area contributed by atoms with Crippen molar-refractivity contribution in [3.63, 3.8) is 0 Å². The van der Waals surface area contributed by atoms with Crippen LogP contribution in [0.25, 0.3) is 55.6 Å². The number of benzene rings is 10. The summed E-state index contributed by atoms with van der Waals surface area (Å²) in [5.74, 6) is 0.901. The van der Waals surface area contributed by atoms with E-state index in [1.54, 1.807) is 0 Å². The molecule has 350 valence electrons. The zero-order chi connectivity index (χ0) is 49.0. The van der Waals surface area contributed by atoms with E-state index in [4.69, 9.17) is 0 Å². The Bertz CT molecular complexity index is 4220. The fourth-order valence-corrected chi connectivity index (χ4v) is 16.3. The van der Waals surface area contributed by atoms with Crippen molar-refractivity contribution in [2.45, 2.75) is 34.5 Å². The highest BCUT2D eigenvalue weighted by Gasteiger charge is 2.57. The SMILES string of the molecule is C1=CCC2C(=C1)C(c1cccc(-c3ccc4c(c3)-c3ccccc3C43c4ccccc4-c4ccccc43)c1)(c1cccc(-c3ccc4c(c3)C3(c5ccccc5-4)c4ccccc4C4C=CC=CC43)c1)c1ccccc12. The summed E-state index contributed by atoms with van der Waals surface area (Å²) in [6.45, 7) is 0. The molecule has 0 saturated carbocycles. The lowest BCUT2D eigenvalue weighted by atomic mass is 9.65. The van der Waals surface area contributed by atoms with Crippen molar-refractivity contribution >= 4 is 0 Å². The molecule has 7 aliphatic carbocycles. The largest absolute Gasteiger partial charge is 0.0836 e. The third-order valence-electron chi connectivity index (χ3n) is 19.1. The normalized spacial score (nSPS) is 22.3. The average Bonchev–Trinajstić information content (AvgIpc) is 4.25. The molecule has 0 heteroatoms. The van der Waals surface area contributed by atoms with Crippen LogP contribution in [0.1, 0.15) is 85.0 Å². The van der Waals surface area contributed by atoms with Crippen LogP contribution >= 0.6 is 0 Å². The molecule has 0 nitrogen and oxygen atoms in total. The summed E-state index contributed by atoms with van der Waals surface area (Å²) >= 11 is 0. The van der Waals surface area contributed by atoms with Gasteiger partial charge in [0.25, 0.3) is 0 Å². The predicted octanol–water partition coefficient (Wildman–Crippen LogP) is 17.8. The van der Waals surface area contributed by atoms with Crippen LogP contribution in [-0.4, -0.2) is 0 Å². The smallest absolute Gasteiger partial charge is 0.0725 e. The summed E-state index contributed by atoms with van der Waals surface area (Å²) in [6, 6.07) is 89.2. The highest BCUT2D eigenvalue weighted by Crippen LogP contribution is 2.67. The first-order chi connectivity index (χ1) is 37.2. The van der Waals surface area contributed by atoms with E-state index in [1.807, 2.05) is 0 Å². The van der Waals surface area contributed by atoms with Gasteiger partial charge in [-0.1, -0.05) is 249 Å². The van der Waals surface area contributed by atoms with Gasteiger partial charge in [0.2, 0.25) is 0 Å². The van der Waals surface area contributed by atoms with E-state index in [0.29, 0.717) is 5.92 Å². The van der Waals surface area contributed by atoms with Crippen molar-refractivity contribution in [3.05, 3.63) is 345 Å². The van der Waals surface area contributed by atoms with Crippen LogP contribution in [0.4, 0.5) is 0 Å².